The van der Waals surface area contributed by atoms with Crippen molar-refractivity contribution in [1.82, 2.24) is 15.1 Å². The molecule has 0 aliphatic rings. The van der Waals surface area contributed by atoms with Crippen LogP contribution in [0.15, 0.2) is 54.7 Å². The monoisotopic (exact) mass is 383 g/mol. The van der Waals surface area contributed by atoms with Crippen LogP contribution in [0.5, 0.6) is 11.5 Å². The van der Waals surface area contributed by atoms with Crippen molar-refractivity contribution in [2.24, 2.45) is 0 Å². The zero-order chi connectivity index (χ0) is 19.9. The summed E-state index contributed by atoms with van der Waals surface area (Å²) in [5.41, 5.74) is 1.92. The van der Waals surface area contributed by atoms with Gasteiger partial charge in [-0.3, -0.25) is 4.79 Å². The third-order valence-electron chi connectivity index (χ3n) is 4.15. The molecule has 7 heteroatoms. The van der Waals surface area contributed by atoms with Gasteiger partial charge in [0.05, 0.1) is 25.6 Å². The van der Waals surface area contributed by atoms with Crippen LogP contribution >= 0.6 is 0 Å². The molecule has 1 N–H and O–H groups in total. The molecule has 0 aliphatic heterocycles. The van der Waals surface area contributed by atoms with Crippen molar-refractivity contribution in [2.75, 3.05) is 20.3 Å². The predicted molar refractivity (Wildman–Crippen MR) is 104 cm³/mol. The topological polar surface area (TPSA) is 65.4 Å². The van der Waals surface area contributed by atoms with E-state index in [0.29, 0.717) is 31.0 Å². The van der Waals surface area contributed by atoms with E-state index in [-0.39, 0.29) is 17.4 Å². The van der Waals surface area contributed by atoms with Crippen LogP contribution in [0.4, 0.5) is 4.39 Å². The first-order valence-electron chi connectivity index (χ1n) is 9.00. The molecular weight excluding hydrogens is 361 g/mol. The molecule has 1 heterocycles. The lowest BCUT2D eigenvalue weighted by atomic mass is 10.1. The molecule has 6 nitrogen and oxygen atoms in total. The van der Waals surface area contributed by atoms with Crippen LogP contribution in [0.1, 0.15) is 23.0 Å². The minimum absolute atomic E-state index is 0.195. The van der Waals surface area contributed by atoms with E-state index >= 15 is 0 Å². The quantitative estimate of drug-likeness (QED) is 0.648. The second-order valence-corrected chi connectivity index (χ2v) is 6.05. The summed E-state index contributed by atoms with van der Waals surface area (Å²) in [7, 11) is 1.62. The highest BCUT2D eigenvalue weighted by Crippen LogP contribution is 2.20. The van der Waals surface area contributed by atoms with Gasteiger partial charge in [0.25, 0.3) is 5.91 Å². The Kier molecular flexibility index (Phi) is 6.26. The van der Waals surface area contributed by atoms with Gasteiger partial charge in [-0.05, 0) is 55.3 Å². The number of ether oxygens (including phenoxy) is 2. The van der Waals surface area contributed by atoms with E-state index in [9.17, 15) is 9.18 Å². The zero-order valence-electron chi connectivity index (χ0n) is 15.8. The van der Waals surface area contributed by atoms with Gasteiger partial charge in [-0.1, -0.05) is 12.1 Å². The van der Waals surface area contributed by atoms with E-state index < -0.39 is 0 Å². The second kappa shape index (κ2) is 9.03. The summed E-state index contributed by atoms with van der Waals surface area (Å²) < 4.78 is 25.3. The van der Waals surface area contributed by atoms with Crippen LogP contribution < -0.4 is 14.8 Å². The fourth-order valence-electron chi connectivity index (χ4n) is 2.70. The largest absolute Gasteiger partial charge is 0.497 e. The smallest absolute Gasteiger partial charge is 0.275 e. The Balaban J connectivity index is 1.68. The SMILES string of the molecule is CCOc1cn(-c2ccc(F)cc2)nc1C(=O)NCCc1ccc(OC)cc1. The summed E-state index contributed by atoms with van der Waals surface area (Å²) in [5.74, 6) is 0.518. The molecule has 0 atom stereocenters. The molecule has 28 heavy (non-hydrogen) atoms. The molecule has 0 fully saturated rings. The van der Waals surface area contributed by atoms with Crippen LogP contribution in [-0.2, 0) is 6.42 Å². The number of nitrogens with zero attached hydrogens (tertiary/aromatic N) is 2. The van der Waals surface area contributed by atoms with E-state index in [2.05, 4.69) is 10.4 Å². The van der Waals surface area contributed by atoms with Gasteiger partial charge in [0.1, 0.15) is 11.6 Å². The number of nitrogens with one attached hydrogen (secondary N) is 1. The minimum atomic E-state index is -0.336. The number of hydrogen-bond donors (Lipinski definition) is 1. The normalized spacial score (nSPS) is 10.5. The Morgan fingerprint density at radius 3 is 2.50 bits per heavy atom. The highest BCUT2D eigenvalue weighted by atomic mass is 19.1. The molecule has 1 aromatic heterocycles. The number of amides is 1. The summed E-state index contributed by atoms with van der Waals surface area (Å²) in [4.78, 5) is 12.6. The highest BCUT2D eigenvalue weighted by Gasteiger charge is 2.18. The van der Waals surface area contributed by atoms with Crippen molar-refractivity contribution < 1.29 is 18.7 Å². The van der Waals surface area contributed by atoms with Crippen molar-refractivity contribution in [3.05, 3.63) is 71.8 Å². The number of benzene rings is 2. The number of carbonyl (C=O) groups excluding carboxylic acids is 1. The molecule has 146 valence electrons. The molecular formula is C21H22FN3O3. The first-order valence-corrected chi connectivity index (χ1v) is 9.00. The lowest BCUT2D eigenvalue weighted by molar-refractivity contribution is 0.0945. The van der Waals surface area contributed by atoms with Crippen molar-refractivity contribution >= 4 is 5.91 Å². The third kappa shape index (κ3) is 4.68. The maximum absolute atomic E-state index is 13.1. The van der Waals surface area contributed by atoms with Gasteiger partial charge in [-0.15, -0.1) is 0 Å². The lowest BCUT2D eigenvalue weighted by Gasteiger charge is -2.06. The van der Waals surface area contributed by atoms with Gasteiger partial charge >= 0.3 is 0 Å². The first kappa shape index (κ1) is 19.4. The fourth-order valence-corrected chi connectivity index (χ4v) is 2.70. The molecule has 0 aliphatic carbocycles. The van der Waals surface area contributed by atoms with Crippen LogP contribution in [0.25, 0.3) is 5.69 Å². The van der Waals surface area contributed by atoms with Gasteiger partial charge in [0, 0.05) is 6.54 Å². The van der Waals surface area contributed by atoms with Crippen LogP contribution in [0, 0.1) is 5.82 Å². The molecule has 0 spiro atoms. The van der Waals surface area contributed by atoms with Gasteiger partial charge < -0.3 is 14.8 Å². The number of halogens is 1. The molecule has 1 amide bonds. The van der Waals surface area contributed by atoms with Gasteiger partial charge in [0.15, 0.2) is 11.4 Å². The van der Waals surface area contributed by atoms with Crippen LogP contribution in [-0.4, -0.2) is 35.9 Å². The Hall–Kier alpha value is -3.35. The molecule has 2 aromatic carbocycles. The van der Waals surface area contributed by atoms with Crippen LogP contribution in [0.3, 0.4) is 0 Å². The first-order chi connectivity index (χ1) is 13.6. The van der Waals surface area contributed by atoms with Crippen molar-refractivity contribution in [3.8, 4) is 17.2 Å². The molecule has 0 radical (unpaired) electrons. The molecule has 0 bridgehead atoms. The Morgan fingerprint density at radius 1 is 1.14 bits per heavy atom. The van der Waals surface area contributed by atoms with E-state index in [1.54, 1.807) is 25.4 Å². The van der Waals surface area contributed by atoms with E-state index in [1.807, 2.05) is 31.2 Å². The number of rotatable bonds is 8. The van der Waals surface area contributed by atoms with Gasteiger partial charge in [-0.25, -0.2) is 9.07 Å². The van der Waals surface area contributed by atoms with Crippen LogP contribution in [0.2, 0.25) is 0 Å². The molecule has 3 rings (SSSR count). The molecule has 3 aromatic rings. The minimum Gasteiger partial charge on any atom is -0.497 e. The van der Waals surface area contributed by atoms with Gasteiger partial charge in [0.2, 0.25) is 0 Å². The number of aromatic nitrogens is 2. The Morgan fingerprint density at radius 2 is 1.86 bits per heavy atom. The van der Waals surface area contributed by atoms with Crippen molar-refractivity contribution in [1.29, 1.82) is 0 Å². The average molecular weight is 383 g/mol. The molecule has 0 unspecified atom stereocenters. The van der Waals surface area contributed by atoms with E-state index in [4.69, 9.17) is 9.47 Å². The molecule has 0 saturated carbocycles. The third-order valence-corrected chi connectivity index (χ3v) is 4.15. The lowest BCUT2D eigenvalue weighted by Crippen LogP contribution is -2.26. The van der Waals surface area contributed by atoms with Gasteiger partial charge in [-0.2, -0.15) is 5.10 Å². The summed E-state index contributed by atoms with van der Waals surface area (Å²) >= 11 is 0. The summed E-state index contributed by atoms with van der Waals surface area (Å²) in [5, 5.41) is 7.18. The van der Waals surface area contributed by atoms with E-state index in [0.717, 1.165) is 11.3 Å². The summed E-state index contributed by atoms with van der Waals surface area (Å²) in [6.45, 7) is 2.70. The number of hydrogen-bond acceptors (Lipinski definition) is 4. The zero-order valence-corrected chi connectivity index (χ0v) is 15.8. The maximum Gasteiger partial charge on any atom is 0.275 e. The molecule has 0 saturated heterocycles. The Labute approximate surface area is 162 Å². The average Bonchev–Trinajstić information content (AvgIpc) is 3.13. The van der Waals surface area contributed by atoms with E-state index in [1.165, 1.54) is 16.8 Å². The predicted octanol–water partition coefficient (Wildman–Crippen LogP) is 3.39. The standard InChI is InChI=1S/C21H22FN3O3/c1-3-28-19-14-25(17-8-6-16(22)7-9-17)24-20(19)21(26)23-13-12-15-4-10-18(27-2)11-5-15/h4-11,14H,3,12-13H2,1-2H3,(H,23,26). The second-order valence-electron chi connectivity index (χ2n) is 6.05. The number of carbonyl (C=O) groups is 1. The number of methoxy groups -OCH3 is 1. The fraction of sp³-hybridized carbons (Fsp3) is 0.238. The maximum atomic E-state index is 13.1. The van der Waals surface area contributed by atoms with Crippen molar-refractivity contribution in [3.63, 3.8) is 0 Å². The Bertz CT molecular complexity index is 921. The summed E-state index contributed by atoms with van der Waals surface area (Å²) in [6.07, 6.45) is 2.30. The van der Waals surface area contributed by atoms with Crippen molar-refractivity contribution in [2.45, 2.75) is 13.3 Å². The highest BCUT2D eigenvalue weighted by molar-refractivity contribution is 5.94. The summed E-state index contributed by atoms with van der Waals surface area (Å²) in [6, 6.07) is 13.5.